The number of rotatable bonds is 4. The summed E-state index contributed by atoms with van der Waals surface area (Å²) in [7, 11) is 3.54. The molecule has 0 amide bonds. The lowest BCUT2D eigenvalue weighted by Gasteiger charge is -2.35. The number of ether oxygens (including phenoxy) is 1. The molecule has 0 aliphatic carbocycles. The molecule has 2 atom stereocenters. The fourth-order valence-corrected chi connectivity index (χ4v) is 3.56. The zero-order valence-corrected chi connectivity index (χ0v) is 12.7. The van der Waals surface area contributed by atoms with Crippen LogP contribution in [0.2, 0.25) is 0 Å². The number of hydrogen-bond acceptors (Lipinski definition) is 5. The summed E-state index contributed by atoms with van der Waals surface area (Å²) in [5.74, 6) is -0.376. The normalized spacial score (nSPS) is 27.9. The number of nitrogens with zero attached hydrogens (tertiary/aromatic N) is 2. The maximum absolute atomic E-state index is 11.5. The van der Waals surface area contributed by atoms with Crippen molar-refractivity contribution in [2.24, 2.45) is 0 Å². The molecule has 1 aromatic heterocycles. The Hall–Kier alpha value is -1.46. The van der Waals surface area contributed by atoms with Gasteiger partial charge in [-0.1, -0.05) is 6.07 Å². The molecule has 1 aromatic rings. The van der Waals surface area contributed by atoms with E-state index in [9.17, 15) is 4.79 Å². The van der Waals surface area contributed by atoms with Crippen molar-refractivity contribution < 1.29 is 9.53 Å². The molecule has 21 heavy (non-hydrogen) atoms. The van der Waals surface area contributed by atoms with Gasteiger partial charge in [0.1, 0.15) is 5.69 Å². The molecule has 0 radical (unpaired) electrons. The standard InChI is InChI=1S/C16H23N3O2/c1-19(14-8-11-6-7-12(9-14)17-11)10-13-4-3-5-15(18-13)16(20)21-2/h3-5,11-12,14,17H,6-10H2,1-2H3. The molecule has 5 nitrogen and oxygen atoms in total. The number of carbonyl (C=O) groups is 1. The van der Waals surface area contributed by atoms with Crippen molar-refractivity contribution in [2.75, 3.05) is 14.2 Å². The van der Waals surface area contributed by atoms with E-state index in [4.69, 9.17) is 4.74 Å². The Balaban J connectivity index is 1.64. The van der Waals surface area contributed by atoms with E-state index in [0.29, 0.717) is 23.8 Å². The van der Waals surface area contributed by atoms with Crippen LogP contribution in [0.3, 0.4) is 0 Å². The minimum atomic E-state index is -0.376. The highest BCUT2D eigenvalue weighted by atomic mass is 16.5. The third-order valence-electron chi connectivity index (χ3n) is 4.68. The van der Waals surface area contributed by atoms with E-state index in [1.807, 2.05) is 12.1 Å². The van der Waals surface area contributed by atoms with E-state index in [-0.39, 0.29) is 5.97 Å². The van der Waals surface area contributed by atoms with E-state index in [2.05, 4.69) is 22.2 Å². The molecule has 2 aliphatic rings. The number of hydrogen-bond donors (Lipinski definition) is 1. The summed E-state index contributed by atoms with van der Waals surface area (Å²) in [6.45, 7) is 0.773. The first-order valence-corrected chi connectivity index (χ1v) is 7.66. The fourth-order valence-electron chi connectivity index (χ4n) is 3.56. The van der Waals surface area contributed by atoms with Crippen LogP contribution in [0.4, 0.5) is 0 Å². The highest BCUT2D eigenvalue weighted by molar-refractivity contribution is 5.87. The van der Waals surface area contributed by atoms with Crippen LogP contribution in [0.1, 0.15) is 41.9 Å². The van der Waals surface area contributed by atoms with E-state index in [1.165, 1.54) is 32.8 Å². The predicted molar refractivity (Wildman–Crippen MR) is 80.0 cm³/mol. The smallest absolute Gasteiger partial charge is 0.356 e. The molecule has 2 aliphatic heterocycles. The molecule has 3 heterocycles. The molecule has 5 heteroatoms. The SMILES string of the molecule is COC(=O)c1cccc(CN(C)C2CC3CCC(C2)N3)n1. The van der Waals surface area contributed by atoms with E-state index in [1.54, 1.807) is 6.07 Å². The highest BCUT2D eigenvalue weighted by Gasteiger charge is 2.35. The number of carbonyl (C=O) groups excluding carboxylic acids is 1. The molecular formula is C16H23N3O2. The van der Waals surface area contributed by atoms with Crippen LogP contribution in [0.15, 0.2) is 18.2 Å². The number of esters is 1. The van der Waals surface area contributed by atoms with Gasteiger partial charge < -0.3 is 10.1 Å². The number of piperidine rings is 1. The van der Waals surface area contributed by atoms with Gasteiger partial charge in [0.25, 0.3) is 0 Å². The lowest BCUT2D eigenvalue weighted by atomic mass is 9.98. The van der Waals surface area contributed by atoms with E-state index < -0.39 is 0 Å². The van der Waals surface area contributed by atoms with Crippen molar-refractivity contribution in [3.8, 4) is 0 Å². The summed E-state index contributed by atoms with van der Waals surface area (Å²) in [6.07, 6.45) is 5.05. The summed E-state index contributed by atoms with van der Waals surface area (Å²) in [4.78, 5) is 18.3. The third-order valence-corrected chi connectivity index (χ3v) is 4.68. The van der Waals surface area contributed by atoms with Gasteiger partial charge in [-0.05, 0) is 44.9 Å². The Labute approximate surface area is 125 Å². The molecule has 1 N–H and O–H groups in total. The first-order valence-electron chi connectivity index (χ1n) is 7.66. The summed E-state index contributed by atoms with van der Waals surface area (Å²) < 4.78 is 4.73. The lowest BCUT2D eigenvalue weighted by Crippen LogP contribution is -2.46. The van der Waals surface area contributed by atoms with Gasteiger partial charge in [-0.15, -0.1) is 0 Å². The zero-order valence-electron chi connectivity index (χ0n) is 12.7. The zero-order chi connectivity index (χ0) is 14.8. The lowest BCUT2D eigenvalue weighted by molar-refractivity contribution is 0.0593. The largest absolute Gasteiger partial charge is 0.464 e. The monoisotopic (exact) mass is 289 g/mol. The van der Waals surface area contributed by atoms with Crippen LogP contribution < -0.4 is 5.32 Å². The summed E-state index contributed by atoms with van der Waals surface area (Å²) in [6, 6.07) is 7.51. The molecule has 0 aromatic carbocycles. The second-order valence-corrected chi connectivity index (χ2v) is 6.18. The quantitative estimate of drug-likeness (QED) is 0.853. The molecule has 114 valence electrons. The average Bonchev–Trinajstić information content (AvgIpc) is 2.85. The first-order chi connectivity index (χ1) is 10.2. The van der Waals surface area contributed by atoms with Crippen molar-refractivity contribution in [3.63, 3.8) is 0 Å². The van der Waals surface area contributed by atoms with Crippen molar-refractivity contribution in [3.05, 3.63) is 29.6 Å². The molecular weight excluding hydrogens is 266 g/mol. The van der Waals surface area contributed by atoms with Crippen LogP contribution >= 0.6 is 0 Å². The fraction of sp³-hybridized carbons (Fsp3) is 0.625. The van der Waals surface area contributed by atoms with Gasteiger partial charge in [-0.25, -0.2) is 9.78 Å². The predicted octanol–water partition coefficient (Wildman–Crippen LogP) is 1.58. The van der Waals surface area contributed by atoms with Crippen molar-refractivity contribution in [1.82, 2.24) is 15.2 Å². The highest BCUT2D eigenvalue weighted by Crippen LogP contribution is 2.29. The van der Waals surface area contributed by atoms with Crippen LogP contribution in [0.25, 0.3) is 0 Å². The maximum atomic E-state index is 11.5. The molecule has 2 bridgehead atoms. The number of pyridine rings is 1. The Morgan fingerprint density at radius 3 is 2.76 bits per heavy atom. The Bertz CT molecular complexity index is 508. The van der Waals surface area contributed by atoms with E-state index in [0.717, 1.165) is 12.2 Å². The summed E-state index contributed by atoms with van der Waals surface area (Å²) in [5, 5.41) is 3.67. The number of fused-ring (bicyclic) bond motifs is 2. The van der Waals surface area contributed by atoms with Crippen molar-refractivity contribution >= 4 is 5.97 Å². The molecule has 0 spiro atoms. The number of methoxy groups -OCH3 is 1. The molecule has 3 rings (SSSR count). The average molecular weight is 289 g/mol. The van der Waals surface area contributed by atoms with E-state index >= 15 is 0 Å². The van der Waals surface area contributed by atoms with Crippen molar-refractivity contribution in [1.29, 1.82) is 0 Å². The molecule has 2 saturated heterocycles. The van der Waals surface area contributed by atoms with Gasteiger partial charge >= 0.3 is 5.97 Å². The van der Waals surface area contributed by atoms with Crippen LogP contribution in [0, 0.1) is 0 Å². The summed E-state index contributed by atoms with van der Waals surface area (Å²) in [5.41, 5.74) is 1.31. The van der Waals surface area contributed by atoms with Gasteiger partial charge in [0.15, 0.2) is 0 Å². The van der Waals surface area contributed by atoms with Gasteiger partial charge in [0.05, 0.1) is 12.8 Å². The minimum Gasteiger partial charge on any atom is -0.464 e. The van der Waals surface area contributed by atoms with Gasteiger partial charge in [0, 0.05) is 24.7 Å². The van der Waals surface area contributed by atoms with Crippen molar-refractivity contribution in [2.45, 2.75) is 50.4 Å². The van der Waals surface area contributed by atoms with Gasteiger partial charge in [-0.3, -0.25) is 4.90 Å². The number of nitrogens with one attached hydrogen (secondary N) is 1. The minimum absolute atomic E-state index is 0.376. The maximum Gasteiger partial charge on any atom is 0.356 e. The van der Waals surface area contributed by atoms with Gasteiger partial charge in [0.2, 0.25) is 0 Å². The number of aromatic nitrogens is 1. The molecule has 2 unspecified atom stereocenters. The Kier molecular flexibility index (Phi) is 4.22. The summed E-state index contributed by atoms with van der Waals surface area (Å²) >= 11 is 0. The Morgan fingerprint density at radius 2 is 2.10 bits per heavy atom. The molecule has 0 saturated carbocycles. The van der Waals surface area contributed by atoms with Crippen LogP contribution in [-0.2, 0) is 11.3 Å². The second-order valence-electron chi connectivity index (χ2n) is 6.18. The first kappa shape index (κ1) is 14.5. The van der Waals surface area contributed by atoms with Gasteiger partial charge in [-0.2, -0.15) is 0 Å². The molecule has 2 fully saturated rings. The van der Waals surface area contributed by atoms with Crippen LogP contribution in [0.5, 0.6) is 0 Å². The van der Waals surface area contributed by atoms with Crippen LogP contribution in [-0.4, -0.2) is 48.1 Å². The second kappa shape index (κ2) is 6.12. The third kappa shape index (κ3) is 3.24. The Morgan fingerprint density at radius 1 is 1.38 bits per heavy atom. The topological polar surface area (TPSA) is 54.5 Å².